The number of hydrogen-bond donors (Lipinski definition) is 1. The lowest BCUT2D eigenvalue weighted by atomic mass is 10.1. The van der Waals surface area contributed by atoms with Crippen molar-refractivity contribution in [2.75, 3.05) is 7.11 Å². The van der Waals surface area contributed by atoms with E-state index in [1.54, 1.807) is 0 Å². The second-order valence-electron chi connectivity index (χ2n) is 3.72. The fourth-order valence-electron chi connectivity index (χ4n) is 1.79. The molecule has 1 N–H and O–H groups in total. The van der Waals surface area contributed by atoms with Gasteiger partial charge in [0.1, 0.15) is 16.6 Å². The molecule has 0 radical (unpaired) electrons. The second-order valence-corrected chi connectivity index (χ2v) is 4.87. The Labute approximate surface area is 111 Å². The third kappa shape index (κ3) is 2.23. The highest BCUT2D eigenvalue weighted by molar-refractivity contribution is 8.05. The molecule has 8 heteroatoms. The molecule has 0 amide bonds. The molecule has 5 nitrogen and oxygen atoms in total. The summed E-state index contributed by atoms with van der Waals surface area (Å²) in [5, 5.41) is 5.81. The minimum atomic E-state index is -3.33. The maximum Gasteiger partial charge on any atom is 0.354 e. The molecule has 0 bridgehead atoms. The van der Waals surface area contributed by atoms with Crippen LogP contribution in [0, 0.1) is 0 Å². The predicted octanol–water partition coefficient (Wildman–Crippen LogP) is 1.55. The fourth-order valence-corrected chi connectivity index (χ4v) is 2.83. The van der Waals surface area contributed by atoms with Crippen molar-refractivity contribution >= 4 is 23.7 Å². The number of ether oxygens (including phenoxy) is 1. The number of carbonyl (C=O) groups excluding carboxylic acids is 1. The standard InChI is InChI=1S/C11H9F2NO4S/c1-18-10(17)8-7(9(15)16)14-5-3-2-4-6(14)11(12,13)19-8/h2-6H,1H3,(H,15,16). The Bertz CT molecular complexity index is 527. The predicted molar refractivity (Wildman–Crippen MR) is 63.1 cm³/mol. The number of carboxylic acids is 1. The Morgan fingerprint density at radius 3 is 2.74 bits per heavy atom. The smallest absolute Gasteiger partial charge is 0.354 e. The zero-order valence-electron chi connectivity index (χ0n) is 9.67. The van der Waals surface area contributed by atoms with Gasteiger partial charge >= 0.3 is 17.2 Å². The summed E-state index contributed by atoms with van der Waals surface area (Å²) >= 11 is -0.0924. The van der Waals surface area contributed by atoms with Crippen LogP contribution in [0.2, 0.25) is 0 Å². The van der Waals surface area contributed by atoms with E-state index in [4.69, 9.17) is 5.11 Å². The van der Waals surface area contributed by atoms with E-state index in [-0.39, 0.29) is 11.8 Å². The van der Waals surface area contributed by atoms with Crippen LogP contribution < -0.4 is 0 Å². The summed E-state index contributed by atoms with van der Waals surface area (Å²) in [5.41, 5.74) is -0.506. The van der Waals surface area contributed by atoms with Crippen LogP contribution in [0.15, 0.2) is 35.0 Å². The third-order valence-electron chi connectivity index (χ3n) is 2.58. The molecule has 0 saturated heterocycles. The van der Waals surface area contributed by atoms with E-state index in [9.17, 15) is 18.4 Å². The monoisotopic (exact) mass is 289 g/mol. The van der Waals surface area contributed by atoms with Gasteiger partial charge in [0.05, 0.1) is 7.11 Å². The van der Waals surface area contributed by atoms with Crippen molar-refractivity contribution < 1.29 is 28.2 Å². The van der Waals surface area contributed by atoms with Gasteiger partial charge < -0.3 is 14.7 Å². The number of hydrogen-bond acceptors (Lipinski definition) is 5. The summed E-state index contributed by atoms with van der Waals surface area (Å²) in [6.45, 7) is 0. The normalized spacial score (nSPS) is 24.2. The highest BCUT2D eigenvalue weighted by Gasteiger charge is 2.52. The molecule has 2 rings (SSSR count). The highest BCUT2D eigenvalue weighted by atomic mass is 32.2. The number of alkyl halides is 2. The molecular weight excluding hydrogens is 280 g/mol. The van der Waals surface area contributed by atoms with Gasteiger partial charge in [-0.3, -0.25) is 0 Å². The lowest BCUT2D eigenvalue weighted by Crippen LogP contribution is -2.48. The van der Waals surface area contributed by atoms with Gasteiger partial charge in [0.15, 0.2) is 0 Å². The van der Waals surface area contributed by atoms with E-state index in [1.807, 2.05) is 0 Å². The minimum Gasteiger partial charge on any atom is -0.477 e. The first-order chi connectivity index (χ1) is 8.88. The van der Waals surface area contributed by atoms with Crippen molar-refractivity contribution in [2.24, 2.45) is 0 Å². The number of fused-ring (bicyclic) bond motifs is 1. The average molecular weight is 289 g/mol. The van der Waals surface area contributed by atoms with E-state index in [0.717, 1.165) is 12.0 Å². The first-order valence-corrected chi connectivity index (χ1v) is 5.96. The van der Waals surface area contributed by atoms with E-state index < -0.39 is 33.8 Å². The number of nitrogens with zero attached hydrogens (tertiary/aromatic N) is 1. The second kappa shape index (κ2) is 4.69. The Hall–Kier alpha value is -1.83. The van der Waals surface area contributed by atoms with Crippen LogP contribution in [-0.2, 0) is 14.3 Å². The lowest BCUT2D eigenvalue weighted by molar-refractivity contribution is -0.139. The van der Waals surface area contributed by atoms with Crippen LogP contribution in [0.25, 0.3) is 0 Å². The van der Waals surface area contributed by atoms with Crippen LogP contribution in [0.5, 0.6) is 0 Å². The quantitative estimate of drug-likeness (QED) is 0.778. The van der Waals surface area contributed by atoms with Crippen molar-refractivity contribution in [1.82, 2.24) is 4.90 Å². The number of carboxylic acid groups (broad SMARTS) is 1. The number of allylic oxidation sites excluding steroid dienone is 2. The molecule has 19 heavy (non-hydrogen) atoms. The topological polar surface area (TPSA) is 66.8 Å². The van der Waals surface area contributed by atoms with Gasteiger partial charge in [-0.2, -0.15) is 8.78 Å². The van der Waals surface area contributed by atoms with E-state index in [0.29, 0.717) is 0 Å². The number of rotatable bonds is 2. The summed E-state index contributed by atoms with van der Waals surface area (Å²) in [7, 11) is 1.01. The van der Waals surface area contributed by atoms with Crippen LogP contribution >= 0.6 is 11.8 Å². The Kier molecular flexibility index (Phi) is 3.36. The number of aliphatic carboxylic acids is 1. The Morgan fingerprint density at radius 2 is 2.16 bits per heavy atom. The zero-order chi connectivity index (χ0) is 14.2. The first kappa shape index (κ1) is 13.6. The molecule has 0 aliphatic carbocycles. The molecule has 1 unspecified atom stereocenters. The van der Waals surface area contributed by atoms with Crippen molar-refractivity contribution in [3.63, 3.8) is 0 Å². The van der Waals surface area contributed by atoms with Crippen LogP contribution in [0.1, 0.15) is 0 Å². The molecule has 102 valence electrons. The van der Waals surface area contributed by atoms with Crippen molar-refractivity contribution in [1.29, 1.82) is 0 Å². The zero-order valence-corrected chi connectivity index (χ0v) is 10.5. The van der Waals surface area contributed by atoms with Gasteiger partial charge in [-0.05, 0) is 17.8 Å². The molecule has 1 atom stereocenters. The molecule has 2 aliphatic rings. The molecule has 0 aromatic rings. The van der Waals surface area contributed by atoms with Crippen LogP contribution in [0.3, 0.4) is 0 Å². The van der Waals surface area contributed by atoms with Crippen molar-refractivity contribution in [3.05, 3.63) is 35.0 Å². The van der Waals surface area contributed by atoms with Gasteiger partial charge in [0, 0.05) is 6.20 Å². The number of methoxy groups -OCH3 is 1. The molecule has 0 aromatic heterocycles. The molecule has 0 aromatic carbocycles. The van der Waals surface area contributed by atoms with Crippen LogP contribution in [-0.4, -0.2) is 40.4 Å². The van der Waals surface area contributed by atoms with Crippen LogP contribution in [0.4, 0.5) is 8.78 Å². The Balaban J connectivity index is 2.59. The molecule has 0 fully saturated rings. The summed E-state index contributed by atoms with van der Waals surface area (Å²) in [5.74, 6) is -2.56. The van der Waals surface area contributed by atoms with E-state index in [1.165, 1.54) is 24.4 Å². The highest BCUT2D eigenvalue weighted by Crippen LogP contribution is 2.48. The lowest BCUT2D eigenvalue weighted by Gasteiger charge is -2.39. The van der Waals surface area contributed by atoms with E-state index in [2.05, 4.69) is 4.74 Å². The SMILES string of the molecule is COC(=O)C1=C(C(=O)O)N2C=CC=CC2C(F)(F)S1. The molecule has 0 saturated carbocycles. The average Bonchev–Trinajstić information content (AvgIpc) is 2.36. The largest absolute Gasteiger partial charge is 0.477 e. The first-order valence-electron chi connectivity index (χ1n) is 5.14. The molecular formula is C11H9F2NO4S. The minimum absolute atomic E-state index is 0.0924. The number of esters is 1. The summed E-state index contributed by atoms with van der Waals surface area (Å²) in [6.07, 6.45) is 5.20. The summed E-state index contributed by atoms with van der Waals surface area (Å²) in [6, 6.07) is -1.44. The summed E-state index contributed by atoms with van der Waals surface area (Å²) in [4.78, 5) is 23.0. The number of halogens is 2. The number of thioether (sulfide) groups is 1. The van der Waals surface area contributed by atoms with Gasteiger partial charge in [-0.1, -0.05) is 12.2 Å². The van der Waals surface area contributed by atoms with Gasteiger partial charge in [-0.15, -0.1) is 0 Å². The molecule has 2 heterocycles. The fraction of sp³-hybridized carbons (Fsp3) is 0.273. The van der Waals surface area contributed by atoms with Crippen molar-refractivity contribution in [2.45, 2.75) is 11.3 Å². The summed E-state index contributed by atoms with van der Waals surface area (Å²) < 4.78 is 32.2. The number of carbonyl (C=O) groups is 2. The van der Waals surface area contributed by atoms with Gasteiger partial charge in [0.2, 0.25) is 0 Å². The third-order valence-corrected chi connectivity index (χ3v) is 3.66. The maximum absolute atomic E-state index is 13.9. The van der Waals surface area contributed by atoms with Crippen molar-refractivity contribution in [3.8, 4) is 0 Å². The molecule has 0 spiro atoms. The maximum atomic E-state index is 13.9. The molecule has 2 aliphatic heterocycles. The van der Waals surface area contributed by atoms with E-state index >= 15 is 0 Å². The Morgan fingerprint density at radius 1 is 1.47 bits per heavy atom. The van der Waals surface area contributed by atoms with Gasteiger partial charge in [0.25, 0.3) is 0 Å². The van der Waals surface area contributed by atoms with Gasteiger partial charge in [-0.25, -0.2) is 9.59 Å².